The molecule has 0 aromatic carbocycles. The van der Waals surface area contributed by atoms with Gasteiger partial charge in [0, 0.05) is 5.54 Å². The lowest BCUT2D eigenvalue weighted by Gasteiger charge is -2.29. The van der Waals surface area contributed by atoms with Crippen molar-refractivity contribution in [3.05, 3.63) is 0 Å². The molecule has 15 heavy (non-hydrogen) atoms. The predicted octanol–water partition coefficient (Wildman–Crippen LogP) is 1.47. The SMILES string of the molecule is CCCNC(C)(CO)CCCN(C)CC. The summed E-state index contributed by atoms with van der Waals surface area (Å²) in [5.41, 5.74) is -0.0927. The molecule has 0 radical (unpaired) electrons. The molecule has 0 spiro atoms. The van der Waals surface area contributed by atoms with Crippen LogP contribution in [0.5, 0.6) is 0 Å². The Morgan fingerprint density at radius 1 is 1.33 bits per heavy atom. The van der Waals surface area contributed by atoms with Gasteiger partial charge in [-0.1, -0.05) is 13.8 Å². The van der Waals surface area contributed by atoms with Crippen LogP contribution in [-0.4, -0.2) is 48.8 Å². The minimum atomic E-state index is -0.0927. The van der Waals surface area contributed by atoms with Crippen LogP contribution in [0.15, 0.2) is 0 Å². The van der Waals surface area contributed by atoms with Gasteiger partial charge in [-0.3, -0.25) is 0 Å². The maximum Gasteiger partial charge on any atom is 0.0610 e. The second-order valence-electron chi connectivity index (χ2n) is 4.65. The molecular formula is C12H28N2O. The highest BCUT2D eigenvalue weighted by Crippen LogP contribution is 2.11. The second kappa shape index (κ2) is 8.08. The summed E-state index contributed by atoms with van der Waals surface area (Å²) in [4.78, 5) is 2.30. The van der Waals surface area contributed by atoms with Crippen LogP contribution in [-0.2, 0) is 0 Å². The lowest BCUT2D eigenvalue weighted by atomic mass is 9.96. The molecule has 0 saturated heterocycles. The van der Waals surface area contributed by atoms with Crippen LogP contribution < -0.4 is 5.32 Å². The molecule has 92 valence electrons. The zero-order valence-electron chi connectivity index (χ0n) is 10.8. The van der Waals surface area contributed by atoms with Gasteiger partial charge in [0.2, 0.25) is 0 Å². The summed E-state index contributed by atoms with van der Waals surface area (Å²) in [6, 6.07) is 0. The Balaban J connectivity index is 3.76. The number of rotatable bonds is 9. The average molecular weight is 216 g/mol. The Hall–Kier alpha value is -0.120. The molecule has 0 fully saturated rings. The third kappa shape index (κ3) is 6.88. The zero-order valence-corrected chi connectivity index (χ0v) is 10.8. The van der Waals surface area contributed by atoms with Gasteiger partial charge in [0.25, 0.3) is 0 Å². The van der Waals surface area contributed by atoms with Gasteiger partial charge in [-0.05, 0) is 52.9 Å². The highest BCUT2D eigenvalue weighted by molar-refractivity contribution is 4.82. The number of hydrogen-bond acceptors (Lipinski definition) is 3. The van der Waals surface area contributed by atoms with Crippen molar-refractivity contribution in [2.45, 2.75) is 45.6 Å². The molecule has 0 heterocycles. The van der Waals surface area contributed by atoms with Crippen LogP contribution in [0.3, 0.4) is 0 Å². The summed E-state index contributed by atoms with van der Waals surface area (Å²) in [5.74, 6) is 0. The highest BCUT2D eigenvalue weighted by atomic mass is 16.3. The topological polar surface area (TPSA) is 35.5 Å². The Morgan fingerprint density at radius 2 is 2.00 bits per heavy atom. The number of hydrogen-bond donors (Lipinski definition) is 2. The fourth-order valence-corrected chi connectivity index (χ4v) is 1.55. The minimum Gasteiger partial charge on any atom is -0.394 e. The quantitative estimate of drug-likeness (QED) is 0.612. The maximum absolute atomic E-state index is 9.36. The van der Waals surface area contributed by atoms with Crippen molar-refractivity contribution in [3.63, 3.8) is 0 Å². The van der Waals surface area contributed by atoms with E-state index in [0.29, 0.717) is 0 Å². The summed E-state index contributed by atoms with van der Waals surface area (Å²) in [6.07, 6.45) is 3.29. The van der Waals surface area contributed by atoms with Crippen molar-refractivity contribution in [3.8, 4) is 0 Å². The Labute approximate surface area is 94.9 Å². The lowest BCUT2D eigenvalue weighted by molar-refractivity contribution is 0.159. The Morgan fingerprint density at radius 3 is 2.47 bits per heavy atom. The first-order valence-corrected chi connectivity index (χ1v) is 6.12. The third-order valence-corrected chi connectivity index (χ3v) is 2.96. The van der Waals surface area contributed by atoms with E-state index in [0.717, 1.165) is 38.9 Å². The van der Waals surface area contributed by atoms with Crippen molar-refractivity contribution in [2.75, 3.05) is 33.3 Å². The number of aliphatic hydroxyl groups is 1. The molecule has 0 aromatic rings. The normalized spacial score (nSPS) is 15.6. The molecule has 0 bridgehead atoms. The molecule has 3 heteroatoms. The first kappa shape index (κ1) is 14.9. The van der Waals surface area contributed by atoms with Crippen molar-refractivity contribution >= 4 is 0 Å². The van der Waals surface area contributed by atoms with E-state index in [-0.39, 0.29) is 12.1 Å². The van der Waals surface area contributed by atoms with Gasteiger partial charge in [0.15, 0.2) is 0 Å². The highest BCUT2D eigenvalue weighted by Gasteiger charge is 2.21. The average Bonchev–Trinajstić information content (AvgIpc) is 2.26. The molecule has 0 amide bonds. The van der Waals surface area contributed by atoms with Crippen molar-refractivity contribution in [1.82, 2.24) is 10.2 Å². The van der Waals surface area contributed by atoms with Crippen LogP contribution in [0.25, 0.3) is 0 Å². The van der Waals surface area contributed by atoms with Gasteiger partial charge in [-0.25, -0.2) is 0 Å². The van der Waals surface area contributed by atoms with Crippen molar-refractivity contribution < 1.29 is 5.11 Å². The molecule has 3 nitrogen and oxygen atoms in total. The van der Waals surface area contributed by atoms with Crippen LogP contribution in [0, 0.1) is 0 Å². The van der Waals surface area contributed by atoms with Gasteiger partial charge in [-0.2, -0.15) is 0 Å². The first-order chi connectivity index (χ1) is 7.08. The molecule has 0 aromatic heterocycles. The molecule has 2 N–H and O–H groups in total. The van der Waals surface area contributed by atoms with E-state index in [1.165, 1.54) is 0 Å². The van der Waals surface area contributed by atoms with Crippen LogP contribution in [0.4, 0.5) is 0 Å². The summed E-state index contributed by atoms with van der Waals surface area (Å²) < 4.78 is 0. The summed E-state index contributed by atoms with van der Waals surface area (Å²) >= 11 is 0. The van der Waals surface area contributed by atoms with Gasteiger partial charge in [0.05, 0.1) is 6.61 Å². The van der Waals surface area contributed by atoms with E-state index in [9.17, 15) is 5.11 Å². The first-order valence-electron chi connectivity index (χ1n) is 6.12. The third-order valence-electron chi connectivity index (χ3n) is 2.96. The zero-order chi connectivity index (χ0) is 11.7. The van der Waals surface area contributed by atoms with E-state index >= 15 is 0 Å². The fourth-order valence-electron chi connectivity index (χ4n) is 1.55. The number of nitrogens with zero attached hydrogens (tertiary/aromatic N) is 1. The van der Waals surface area contributed by atoms with E-state index in [2.05, 4.69) is 38.0 Å². The lowest BCUT2D eigenvalue weighted by Crippen LogP contribution is -2.46. The van der Waals surface area contributed by atoms with Gasteiger partial charge < -0.3 is 15.3 Å². The molecule has 0 rings (SSSR count). The smallest absolute Gasteiger partial charge is 0.0610 e. The monoisotopic (exact) mass is 216 g/mol. The van der Waals surface area contributed by atoms with Gasteiger partial charge in [-0.15, -0.1) is 0 Å². The van der Waals surface area contributed by atoms with E-state index in [1.807, 2.05) is 0 Å². The van der Waals surface area contributed by atoms with Crippen LogP contribution in [0.2, 0.25) is 0 Å². The number of aliphatic hydroxyl groups excluding tert-OH is 1. The second-order valence-corrected chi connectivity index (χ2v) is 4.65. The van der Waals surface area contributed by atoms with Gasteiger partial charge >= 0.3 is 0 Å². The molecule has 0 aliphatic heterocycles. The van der Waals surface area contributed by atoms with Gasteiger partial charge in [0.1, 0.15) is 0 Å². The Kier molecular flexibility index (Phi) is 8.02. The fraction of sp³-hybridized carbons (Fsp3) is 1.00. The molecule has 0 aliphatic rings. The maximum atomic E-state index is 9.36. The molecular weight excluding hydrogens is 188 g/mol. The van der Waals surface area contributed by atoms with Crippen molar-refractivity contribution in [1.29, 1.82) is 0 Å². The standard InChI is InChI=1S/C12H28N2O/c1-5-9-13-12(3,11-15)8-7-10-14(4)6-2/h13,15H,5-11H2,1-4H3. The summed E-state index contributed by atoms with van der Waals surface area (Å²) in [7, 11) is 2.13. The minimum absolute atomic E-state index is 0.0927. The van der Waals surface area contributed by atoms with Crippen molar-refractivity contribution in [2.24, 2.45) is 0 Å². The van der Waals surface area contributed by atoms with Crippen LogP contribution in [0.1, 0.15) is 40.0 Å². The molecule has 1 unspecified atom stereocenters. The largest absolute Gasteiger partial charge is 0.394 e. The molecule has 0 aliphatic carbocycles. The molecule has 1 atom stereocenters. The van der Waals surface area contributed by atoms with Crippen LogP contribution >= 0.6 is 0 Å². The predicted molar refractivity (Wildman–Crippen MR) is 66.2 cm³/mol. The number of nitrogens with one attached hydrogen (secondary N) is 1. The van der Waals surface area contributed by atoms with E-state index in [4.69, 9.17) is 0 Å². The molecule has 0 saturated carbocycles. The Bertz CT molecular complexity index is 153. The van der Waals surface area contributed by atoms with E-state index < -0.39 is 0 Å². The summed E-state index contributed by atoms with van der Waals surface area (Å²) in [6.45, 7) is 9.84. The summed E-state index contributed by atoms with van der Waals surface area (Å²) in [5, 5.41) is 12.8. The van der Waals surface area contributed by atoms with E-state index in [1.54, 1.807) is 0 Å².